The normalized spacial score (nSPS) is 20.2. The maximum Gasteiger partial charge on any atom is 0.276 e. The fraction of sp³-hybridized carbons (Fsp3) is 0.615. The molecule has 1 aromatic heterocycles. The van der Waals surface area contributed by atoms with E-state index < -0.39 is 4.92 Å². The Balaban J connectivity index is 2.05. The lowest BCUT2D eigenvalue weighted by Gasteiger charge is -2.37. The first-order chi connectivity index (χ1) is 9.99. The summed E-state index contributed by atoms with van der Waals surface area (Å²) >= 11 is 0. The van der Waals surface area contributed by atoms with Gasteiger partial charge in [-0.25, -0.2) is 4.98 Å². The number of anilines is 2. The van der Waals surface area contributed by atoms with Gasteiger partial charge in [0.2, 0.25) is 0 Å². The van der Waals surface area contributed by atoms with Crippen molar-refractivity contribution in [1.82, 2.24) is 14.8 Å². The van der Waals surface area contributed by atoms with Gasteiger partial charge in [0.05, 0.1) is 17.1 Å². The summed E-state index contributed by atoms with van der Waals surface area (Å²) in [6.45, 7) is 3.76. The highest BCUT2D eigenvalue weighted by molar-refractivity contribution is 5.54. The van der Waals surface area contributed by atoms with Gasteiger partial charge in [0.1, 0.15) is 11.6 Å². The quantitative estimate of drug-likeness (QED) is 0.610. The Kier molecular flexibility index (Phi) is 4.92. The van der Waals surface area contributed by atoms with Crippen LogP contribution in [0.3, 0.4) is 0 Å². The van der Waals surface area contributed by atoms with E-state index in [0.29, 0.717) is 24.2 Å². The number of nitrogens with zero attached hydrogens (tertiary/aromatic N) is 4. The molecule has 0 amide bonds. The summed E-state index contributed by atoms with van der Waals surface area (Å²) < 4.78 is 0. The zero-order chi connectivity index (χ0) is 15.4. The molecule has 8 nitrogen and oxygen atoms in total. The molecule has 1 atom stereocenters. The number of pyridine rings is 1. The van der Waals surface area contributed by atoms with Gasteiger partial charge < -0.3 is 15.5 Å². The van der Waals surface area contributed by atoms with Crippen molar-refractivity contribution >= 4 is 17.3 Å². The van der Waals surface area contributed by atoms with Crippen LogP contribution in [0.4, 0.5) is 17.3 Å². The van der Waals surface area contributed by atoms with Crippen LogP contribution in [0.15, 0.2) is 12.1 Å². The number of hydrogen-bond donors (Lipinski definition) is 2. The van der Waals surface area contributed by atoms with Gasteiger partial charge >= 0.3 is 0 Å². The molecule has 2 N–H and O–H groups in total. The number of nitrogens with one attached hydrogen (secondary N) is 2. The fourth-order valence-corrected chi connectivity index (χ4v) is 2.38. The fourth-order valence-electron chi connectivity index (χ4n) is 2.38. The third-order valence-corrected chi connectivity index (χ3v) is 3.78. The number of aromatic nitrogens is 1. The Labute approximate surface area is 124 Å². The largest absolute Gasteiger partial charge is 0.373 e. The second-order valence-corrected chi connectivity index (χ2v) is 5.38. The summed E-state index contributed by atoms with van der Waals surface area (Å²) in [4.78, 5) is 19.4. The van der Waals surface area contributed by atoms with Gasteiger partial charge in [-0.3, -0.25) is 15.0 Å². The van der Waals surface area contributed by atoms with Crippen LogP contribution < -0.4 is 10.6 Å². The maximum absolute atomic E-state index is 10.9. The van der Waals surface area contributed by atoms with E-state index in [1.54, 1.807) is 7.05 Å². The van der Waals surface area contributed by atoms with Crippen LogP contribution in [0.25, 0.3) is 0 Å². The average molecular weight is 294 g/mol. The highest BCUT2D eigenvalue weighted by Gasteiger charge is 2.22. The predicted octanol–water partition coefficient (Wildman–Crippen LogP) is 0.689. The molecule has 1 aromatic rings. The van der Waals surface area contributed by atoms with Gasteiger partial charge in [-0.15, -0.1) is 0 Å². The lowest BCUT2D eigenvalue weighted by atomic mass is 10.2. The Hall–Kier alpha value is -1.93. The van der Waals surface area contributed by atoms with Gasteiger partial charge in [0.15, 0.2) is 0 Å². The van der Waals surface area contributed by atoms with E-state index in [4.69, 9.17) is 0 Å². The first-order valence-electron chi connectivity index (χ1n) is 6.96. The number of nitro groups is 1. The maximum atomic E-state index is 10.9. The minimum Gasteiger partial charge on any atom is -0.373 e. The summed E-state index contributed by atoms with van der Waals surface area (Å²) in [6.07, 6.45) is 0. The van der Waals surface area contributed by atoms with E-state index in [9.17, 15) is 10.1 Å². The van der Waals surface area contributed by atoms with Crippen molar-refractivity contribution < 1.29 is 4.92 Å². The Morgan fingerprint density at radius 3 is 2.76 bits per heavy atom. The molecule has 1 fully saturated rings. The minimum absolute atomic E-state index is 0.0333. The van der Waals surface area contributed by atoms with E-state index in [2.05, 4.69) is 39.5 Å². The van der Waals surface area contributed by atoms with Crippen molar-refractivity contribution in [2.75, 3.05) is 58.0 Å². The van der Waals surface area contributed by atoms with Crippen molar-refractivity contribution in [3.05, 3.63) is 22.2 Å². The molecule has 0 radical (unpaired) electrons. The number of rotatable bonds is 5. The van der Waals surface area contributed by atoms with E-state index >= 15 is 0 Å². The molecule has 1 unspecified atom stereocenters. The smallest absolute Gasteiger partial charge is 0.276 e. The van der Waals surface area contributed by atoms with Crippen LogP contribution in [-0.2, 0) is 0 Å². The molecule has 2 rings (SSSR count). The highest BCUT2D eigenvalue weighted by atomic mass is 16.6. The lowest BCUT2D eigenvalue weighted by Crippen LogP contribution is -2.52. The molecule has 0 aliphatic carbocycles. The van der Waals surface area contributed by atoms with Crippen LogP contribution in [0, 0.1) is 10.1 Å². The van der Waals surface area contributed by atoms with Crippen molar-refractivity contribution in [1.29, 1.82) is 0 Å². The van der Waals surface area contributed by atoms with Gasteiger partial charge in [-0.05, 0) is 14.1 Å². The highest BCUT2D eigenvalue weighted by Crippen LogP contribution is 2.20. The molecule has 1 saturated heterocycles. The second-order valence-electron chi connectivity index (χ2n) is 5.38. The summed E-state index contributed by atoms with van der Waals surface area (Å²) in [5.41, 5.74) is 0.0333. The van der Waals surface area contributed by atoms with Gasteiger partial charge in [0.25, 0.3) is 5.69 Å². The molecule has 116 valence electrons. The van der Waals surface area contributed by atoms with Gasteiger partial charge in [-0.1, -0.05) is 0 Å². The Bertz CT molecular complexity index is 509. The van der Waals surface area contributed by atoms with Crippen LogP contribution >= 0.6 is 0 Å². The molecular weight excluding hydrogens is 272 g/mol. The molecular formula is C13H22N6O2. The first kappa shape index (κ1) is 15.5. The monoisotopic (exact) mass is 294 g/mol. The van der Waals surface area contributed by atoms with Crippen molar-refractivity contribution in [2.45, 2.75) is 6.04 Å². The minimum atomic E-state index is -0.409. The molecule has 0 saturated carbocycles. The van der Waals surface area contributed by atoms with Crippen LogP contribution in [-0.4, -0.2) is 73.1 Å². The molecule has 21 heavy (non-hydrogen) atoms. The Morgan fingerprint density at radius 1 is 1.38 bits per heavy atom. The van der Waals surface area contributed by atoms with Gasteiger partial charge in [-0.2, -0.15) is 0 Å². The molecule has 2 heterocycles. The molecule has 0 spiro atoms. The zero-order valence-electron chi connectivity index (χ0n) is 12.7. The van der Waals surface area contributed by atoms with Gasteiger partial charge in [0, 0.05) is 39.3 Å². The third kappa shape index (κ3) is 4.02. The molecule has 0 bridgehead atoms. The summed E-state index contributed by atoms with van der Waals surface area (Å²) in [5, 5.41) is 17.0. The molecule has 0 aromatic carbocycles. The number of likely N-dealkylation sites (N-methyl/N-ethyl adjacent to an activating group) is 2. The van der Waals surface area contributed by atoms with E-state index in [1.807, 2.05) is 0 Å². The third-order valence-electron chi connectivity index (χ3n) is 3.78. The van der Waals surface area contributed by atoms with Crippen LogP contribution in [0.5, 0.6) is 0 Å². The summed E-state index contributed by atoms with van der Waals surface area (Å²) in [5.74, 6) is 1.01. The molecule has 1 aliphatic heterocycles. The number of piperazine rings is 1. The van der Waals surface area contributed by atoms with E-state index in [-0.39, 0.29) is 5.69 Å². The van der Waals surface area contributed by atoms with E-state index in [0.717, 1.165) is 19.6 Å². The van der Waals surface area contributed by atoms with E-state index in [1.165, 1.54) is 12.1 Å². The first-order valence-corrected chi connectivity index (χ1v) is 6.96. The van der Waals surface area contributed by atoms with Crippen molar-refractivity contribution in [3.8, 4) is 0 Å². The molecule has 1 aliphatic rings. The second kappa shape index (κ2) is 6.68. The molecule has 8 heteroatoms. The van der Waals surface area contributed by atoms with Crippen molar-refractivity contribution in [3.63, 3.8) is 0 Å². The average Bonchev–Trinajstić information content (AvgIpc) is 2.47. The topological polar surface area (TPSA) is 86.6 Å². The van der Waals surface area contributed by atoms with Crippen molar-refractivity contribution in [2.24, 2.45) is 0 Å². The summed E-state index contributed by atoms with van der Waals surface area (Å²) in [6, 6.07) is 3.25. The number of hydrogen-bond acceptors (Lipinski definition) is 7. The Morgan fingerprint density at radius 2 is 2.10 bits per heavy atom. The predicted molar refractivity (Wildman–Crippen MR) is 82.8 cm³/mol. The lowest BCUT2D eigenvalue weighted by molar-refractivity contribution is -0.384. The SMILES string of the molecule is CNc1cc([N+](=O)[O-])cc(NCC2CN(C)CCN2C)n1. The van der Waals surface area contributed by atoms with Crippen LogP contribution in [0.2, 0.25) is 0 Å². The standard InChI is InChI=1S/C13H22N6O2/c1-14-12-6-10(19(20)21)7-13(16-12)15-8-11-9-17(2)4-5-18(11)3/h6-7,11H,4-5,8-9H2,1-3H3,(H2,14,15,16). The zero-order valence-corrected chi connectivity index (χ0v) is 12.7. The van der Waals surface area contributed by atoms with Crippen LogP contribution in [0.1, 0.15) is 0 Å². The summed E-state index contributed by atoms with van der Waals surface area (Å²) in [7, 11) is 5.89.